The van der Waals surface area contributed by atoms with Crippen molar-refractivity contribution in [3.05, 3.63) is 77.9 Å². The van der Waals surface area contributed by atoms with Crippen LogP contribution in [0.15, 0.2) is 71.6 Å². The number of nitrogens with two attached hydrogens (primary N) is 1. The Hall–Kier alpha value is -3.57. The Labute approximate surface area is 222 Å². The molecule has 3 unspecified atom stereocenters. The van der Waals surface area contributed by atoms with Gasteiger partial charge in [0.2, 0.25) is 15.9 Å². The number of sulfonamides is 1. The van der Waals surface area contributed by atoms with Crippen LogP contribution in [0.1, 0.15) is 31.0 Å². The maximum atomic E-state index is 13.9. The maximum Gasteiger partial charge on any atom is 0.246 e. The predicted molar refractivity (Wildman–Crippen MR) is 147 cm³/mol. The first-order valence-corrected chi connectivity index (χ1v) is 14.0. The number of ether oxygens (including phenoxy) is 1. The van der Waals surface area contributed by atoms with Crippen LogP contribution in [0.4, 0.5) is 5.69 Å². The van der Waals surface area contributed by atoms with Crippen LogP contribution < -0.4 is 10.5 Å². The molecule has 10 heteroatoms. The number of amides is 1. The average Bonchev–Trinajstić information content (AvgIpc) is 3.28. The van der Waals surface area contributed by atoms with Crippen molar-refractivity contribution in [2.45, 2.75) is 43.9 Å². The highest BCUT2D eigenvalue weighted by Crippen LogP contribution is 2.32. The van der Waals surface area contributed by atoms with Crippen LogP contribution in [0.25, 0.3) is 22.2 Å². The number of morpholine rings is 1. The van der Waals surface area contributed by atoms with E-state index in [0.717, 1.165) is 22.0 Å². The van der Waals surface area contributed by atoms with Crippen molar-refractivity contribution < 1.29 is 17.9 Å². The van der Waals surface area contributed by atoms with Crippen molar-refractivity contribution in [2.75, 3.05) is 18.4 Å². The monoisotopic (exact) mass is 533 g/mol. The highest BCUT2D eigenvalue weighted by molar-refractivity contribution is 7.89. The van der Waals surface area contributed by atoms with Crippen LogP contribution in [0, 0.1) is 6.92 Å². The lowest BCUT2D eigenvalue weighted by molar-refractivity contribution is -0.128. The van der Waals surface area contributed by atoms with E-state index in [1.165, 1.54) is 12.1 Å². The van der Waals surface area contributed by atoms with E-state index < -0.39 is 16.1 Å². The number of carbonyl (C=O) groups is 1. The molecule has 0 saturated carbocycles. The van der Waals surface area contributed by atoms with Gasteiger partial charge in [-0.05, 0) is 62.2 Å². The Kier molecular flexibility index (Phi) is 7.06. The molecule has 0 bridgehead atoms. The molecule has 198 valence electrons. The number of nitrogens with zero attached hydrogens (tertiary/aromatic N) is 2. The van der Waals surface area contributed by atoms with Gasteiger partial charge in [-0.2, -0.15) is 5.10 Å². The van der Waals surface area contributed by atoms with Gasteiger partial charge in [-0.1, -0.05) is 36.4 Å². The van der Waals surface area contributed by atoms with Crippen LogP contribution >= 0.6 is 0 Å². The quantitative estimate of drug-likeness (QED) is 0.344. The number of benzene rings is 3. The first kappa shape index (κ1) is 26.1. The first-order valence-electron chi connectivity index (χ1n) is 12.5. The Morgan fingerprint density at radius 2 is 1.82 bits per heavy atom. The highest BCUT2D eigenvalue weighted by atomic mass is 32.2. The number of aromatic nitrogens is 2. The van der Waals surface area contributed by atoms with E-state index in [0.29, 0.717) is 30.0 Å². The number of aromatic amines is 1. The number of fused-ring (bicyclic) bond motifs is 1. The summed E-state index contributed by atoms with van der Waals surface area (Å²) in [5, 5.41) is 16.6. The number of hydrogen-bond donors (Lipinski definition) is 3. The van der Waals surface area contributed by atoms with Gasteiger partial charge in [0.05, 0.1) is 22.6 Å². The first-order chi connectivity index (χ1) is 18.1. The maximum absolute atomic E-state index is 13.9. The third-order valence-corrected chi connectivity index (χ3v) is 7.72. The lowest BCUT2D eigenvalue weighted by Gasteiger charge is -2.40. The molecule has 38 heavy (non-hydrogen) atoms. The zero-order chi connectivity index (χ0) is 27.0. The van der Waals surface area contributed by atoms with Gasteiger partial charge >= 0.3 is 0 Å². The normalized spacial score (nSPS) is 19.4. The summed E-state index contributed by atoms with van der Waals surface area (Å²) in [7, 11) is -3.86. The summed E-state index contributed by atoms with van der Waals surface area (Å²) in [5.74, 6) is -0.138. The molecule has 4 N–H and O–H groups in total. The van der Waals surface area contributed by atoms with Crippen molar-refractivity contribution >= 4 is 32.5 Å². The van der Waals surface area contributed by atoms with Crippen molar-refractivity contribution in [2.24, 2.45) is 5.14 Å². The molecule has 4 aromatic rings. The molecule has 0 radical (unpaired) electrons. The Bertz CT molecular complexity index is 1590. The average molecular weight is 534 g/mol. The van der Waals surface area contributed by atoms with Gasteiger partial charge in [0.1, 0.15) is 11.7 Å². The third kappa shape index (κ3) is 5.34. The predicted octanol–water partition coefficient (Wildman–Crippen LogP) is 3.97. The van der Waals surface area contributed by atoms with E-state index in [9.17, 15) is 13.2 Å². The zero-order valence-corrected chi connectivity index (χ0v) is 22.3. The second kappa shape index (κ2) is 10.3. The number of primary sulfonamides is 1. The molecule has 3 aromatic carbocycles. The molecule has 1 amide bonds. The van der Waals surface area contributed by atoms with Crippen molar-refractivity contribution in [3.8, 4) is 11.3 Å². The largest absolute Gasteiger partial charge is 0.373 e. The summed E-state index contributed by atoms with van der Waals surface area (Å²) < 4.78 is 29.6. The van der Waals surface area contributed by atoms with Gasteiger partial charge in [0.15, 0.2) is 0 Å². The van der Waals surface area contributed by atoms with Crippen LogP contribution in [0.5, 0.6) is 0 Å². The molecular formula is C28H31N5O4S. The molecule has 1 aliphatic rings. The fraction of sp³-hybridized carbons (Fsp3) is 0.286. The lowest BCUT2D eigenvalue weighted by Crippen LogP contribution is -2.50. The van der Waals surface area contributed by atoms with Crippen molar-refractivity contribution in [1.29, 1.82) is 0 Å². The summed E-state index contributed by atoms with van der Waals surface area (Å²) in [5.41, 5.74) is 4.53. The fourth-order valence-electron chi connectivity index (χ4n) is 5.17. The molecule has 5 rings (SSSR count). The number of H-pyrrole nitrogens is 1. The van der Waals surface area contributed by atoms with Gasteiger partial charge in [-0.25, -0.2) is 13.6 Å². The standard InChI is InChI=1S/C28H31N5O4S/c1-17-7-4-5-10-23(17)27(33-15-18(2)37-19(3)16-33)28(34)30-21-11-12-25-24(14-21)26(32-31-25)20-8-6-9-22(13-20)38(29,35)36/h4-14,18-19,27H,15-16H2,1-3H3,(H,30,34)(H,31,32)(H2,29,35,36). The topological polar surface area (TPSA) is 130 Å². The van der Waals surface area contributed by atoms with Gasteiger partial charge in [0, 0.05) is 29.7 Å². The van der Waals surface area contributed by atoms with E-state index in [1.807, 2.05) is 63.2 Å². The van der Waals surface area contributed by atoms with Crippen LogP contribution in [0.3, 0.4) is 0 Å². The minimum atomic E-state index is -3.86. The van der Waals surface area contributed by atoms with Gasteiger partial charge in [0.25, 0.3) is 0 Å². The molecular weight excluding hydrogens is 502 g/mol. The van der Waals surface area contributed by atoms with Gasteiger partial charge in [-0.15, -0.1) is 0 Å². The number of nitrogens with one attached hydrogen (secondary N) is 2. The second-order valence-electron chi connectivity index (χ2n) is 9.87. The van der Waals surface area contributed by atoms with E-state index in [2.05, 4.69) is 20.4 Å². The second-order valence-corrected chi connectivity index (χ2v) is 11.4. The van der Waals surface area contributed by atoms with Gasteiger partial charge < -0.3 is 10.1 Å². The molecule has 9 nitrogen and oxygen atoms in total. The van der Waals surface area contributed by atoms with Crippen LogP contribution in [-0.2, 0) is 19.6 Å². The van der Waals surface area contributed by atoms with Crippen molar-refractivity contribution in [3.63, 3.8) is 0 Å². The number of rotatable bonds is 6. The minimum Gasteiger partial charge on any atom is -0.373 e. The zero-order valence-electron chi connectivity index (χ0n) is 21.5. The smallest absolute Gasteiger partial charge is 0.246 e. The van der Waals surface area contributed by atoms with Crippen LogP contribution in [-0.4, -0.2) is 54.7 Å². The summed E-state index contributed by atoms with van der Waals surface area (Å²) >= 11 is 0. The molecule has 3 atom stereocenters. The lowest BCUT2D eigenvalue weighted by atomic mass is 9.97. The van der Waals surface area contributed by atoms with Crippen molar-refractivity contribution in [1.82, 2.24) is 15.1 Å². The summed E-state index contributed by atoms with van der Waals surface area (Å²) in [4.78, 5) is 16.0. The fourth-order valence-corrected chi connectivity index (χ4v) is 5.73. The highest BCUT2D eigenvalue weighted by Gasteiger charge is 2.34. The Morgan fingerprint density at radius 3 is 2.53 bits per heavy atom. The number of anilines is 1. The number of aryl methyl sites for hydroxylation is 1. The molecule has 1 fully saturated rings. The van der Waals surface area contributed by atoms with E-state index >= 15 is 0 Å². The minimum absolute atomic E-state index is 0.00523. The number of hydrogen-bond acceptors (Lipinski definition) is 6. The molecule has 1 aliphatic heterocycles. The van der Waals surface area contributed by atoms with E-state index in [4.69, 9.17) is 9.88 Å². The molecule has 0 spiro atoms. The molecule has 1 saturated heterocycles. The summed E-state index contributed by atoms with van der Waals surface area (Å²) in [6, 6.07) is 19.3. The molecule has 2 heterocycles. The summed E-state index contributed by atoms with van der Waals surface area (Å²) in [6.07, 6.45) is 0.0204. The third-order valence-electron chi connectivity index (χ3n) is 6.81. The van der Waals surface area contributed by atoms with E-state index in [-0.39, 0.29) is 23.0 Å². The Balaban J connectivity index is 1.49. The van der Waals surface area contributed by atoms with Gasteiger partial charge in [-0.3, -0.25) is 14.8 Å². The Morgan fingerprint density at radius 1 is 1.08 bits per heavy atom. The molecule has 1 aromatic heterocycles. The van der Waals surface area contributed by atoms with Crippen LogP contribution in [0.2, 0.25) is 0 Å². The SMILES string of the molecule is Cc1ccccc1C(C(=O)Nc1ccc2[nH]nc(-c3cccc(S(N)(=O)=O)c3)c2c1)N1CC(C)OC(C)C1. The molecule has 0 aliphatic carbocycles. The number of carbonyl (C=O) groups excluding carboxylic acids is 1. The van der Waals surface area contributed by atoms with E-state index in [1.54, 1.807) is 12.1 Å². The summed E-state index contributed by atoms with van der Waals surface area (Å²) in [6.45, 7) is 7.34.